The van der Waals surface area contributed by atoms with E-state index in [-0.39, 0.29) is 17.2 Å². The van der Waals surface area contributed by atoms with Gasteiger partial charge in [0, 0.05) is 21.8 Å². The van der Waals surface area contributed by atoms with E-state index < -0.39 is 17.8 Å². The second-order valence-electron chi connectivity index (χ2n) is 9.60. The van der Waals surface area contributed by atoms with Crippen molar-refractivity contribution >= 4 is 56.8 Å². The molecule has 7 heteroatoms. The summed E-state index contributed by atoms with van der Waals surface area (Å²) in [5.74, 6) is -1.34. The number of benzene rings is 2. The Morgan fingerprint density at radius 2 is 1.68 bits per heavy atom. The van der Waals surface area contributed by atoms with Gasteiger partial charge in [0.05, 0.1) is 11.2 Å². The summed E-state index contributed by atoms with van der Waals surface area (Å²) in [6.45, 7) is 12.8. The van der Waals surface area contributed by atoms with E-state index in [0.29, 0.717) is 5.69 Å². The van der Waals surface area contributed by atoms with E-state index in [1.54, 1.807) is 30.3 Å². The number of barbiturate groups is 1. The maximum atomic E-state index is 13.3. The minimum Gasteiger partial charge on any atom is -0.360 e. The zero-order chi connectivity index (χ0) is 24.9. The zero-order valence-corrected chi connectivity index (χ0v) is 21.8. The van der Waals surface area contributed by atoms with E-state index in [2.05, 4.69) is 72.9 Å². The first-order valence-corrected chi connectivity index (χ1v) is 12.0. The molecule has 2 aliphatic heterocycles. The molecule has 2 aromatic carbocycles. The summed E-state index contributed by atoms with van der Waals surface area (Å²) in [7, 11) is 0. The van der Waals surface area contributed by atoms with Gasteiger partial charge < -0.3 is 4.90 Å². The SMILES string of the molecule is CC1=CC(C)(C)N(C(C)C)c2cc(C)c(/C=C3\C(=O)NC(=O)N(c4ccc(Br)cc4)C3=O)cc21. The van der Waals surface area contributed by atoms with Gasteiger partial charge in [-0.15, -0.1) is 0 Å². The number of halogens is 1. The van der Waals surface area contributed by atoms with Crippen LogP contribution in [0.25, 0.3) is 11.6 Å². The quantitative estimate of drug-likeness (QED) is 0.407. The molecule has 2 heterocycles. The second-order valence-corrected chi connectivity index (χ2v) is 10.5. The molecule has 4 amide bonds. The lowest BCUT2D eigenvalue weighted by molar-refractivity contribution is -0.122. The molecule has 1 saturated heterocycles. The van der Waals surface area contributed by atoms with Crippen LogP contribution in [0.15, 0.2) is 52.5 Å². The summed E-state index contributed by atoms with van der Waals surface area (Å²) in [6, 6.07) is 10.4. The third-order valence-corrected chi connectivity index (χ3v) is 6.79. The first-order chi connectivity index (χ1) is 15.9. The molecule has 0 radical (unpaired) electrons. The van der Waals surface area contributed by atoms with E-state index in [9.17, 15) is 14.4 Å². The third-order valence-electron chi connectivity index (χ3n) is 6.26. The molecule has 2 aliphatic rings. The van der Waals surface area contributed by atoms with Crippen molar-refractivity contribution in [1.82, 2.24) is 5.32 Å². The van der Waals surface area contributed by atoms with Crippen LogP contribution in [0.4, 0.5) is 16.2 Å². The number of hydrogen-bond donors (Lipinski definition) is 1. The number of aryl methyl sites for hydroxylation is 1. The van der Waals surface area contributed by atoms with Gasteiger partial charge in [-0.3, -0.25) is 14.9 Å². The number of hydrogen-bond acceptors (Lipinski definition) is 4. The minimum atomic E-state index is -0.759. The van der Waals surface area contributed by atoms with Gasteiger partial charge in [0.1, 0.15) is 5.57 Å². The summed E-state index contributed by atoms with van der Waals surface area (Å²) in [5.41, 5.74) is 5.21. The van der Waals surface area contributed by atoms with Crippen LogP contribution in [0.3, 0.4) is 0 Å². The van der Waals surface area contributed by atoms with Crippen LogP contribution in [0, 0.1) is 6.92 Å². The van der Waals surface area contributed by atoms with Crippen molar-refractivity contribution in [1.29, 1.82) is 0 Å². The van der Waals surface area contributed by atoms with E-state index in [4.69, 9.17) is 0 Å². The van der Waals surface area contributed by atoms with Crippen LogP contribution in [0.2, 0.25) is 0 Å². The fourth-order valence-electron chi connectivity index (χ4n) is 4.95. The van der Waals surface area contributed by atoms with Crippen molar-refractivity contribution < 1.29 is 14.4 Å². The number of rotatable bonds is 3. The van der Waals surface area contributed by atoms with Crippen molar-refractivity contribution in [3.8, 4) is 0 Å². The minimum absolute atomic E-state index is 0.0796. The number of nitrogens with one attached hydrogen (secondary N) is 1. The van der Waals surface area contributed by atoms with Gasteiger partial charge in [-0.2, -0.15) is 0 Å². The number of amides is 4. The Morgan fingerprint density at radius 1 is 1.03 bits per heavy atom. The lowest BCUT2D eigenvalue weighted by Gasteiger charge is -2.46. The smallest absolute Gasteiger partial charge is 0.335 e. The van der Waals surface area contributed by atoms with Gasteiger partial charge in [0.2, 0.25) is 0 Å². The zero-order valence-electron chi connectivity index (χ0n) is 20.2. The molecule has 0 unspecified atom stereocenters. The number of carbonyl (C=O) groups excluding carboxylic acids is 3. The fraction of sp³-hybridized carbons (Fsp3) is 0.296. The standard InChI is InChI=1S/C27H28BrN3O3/c1-15(2)31-23-11-16(3)18(12-21(23)17(4)14-27(31,5)6)13-22-24(32)29-26(34)30(25(22)33)20-9-7-19(28)8-10-20/h7-15H,1-6H3,(H,29,32,34)/b22-13+. The molecule has 6 nitrogen and oxygen atoms in total. The highest BCUT2D eigenvalue weighted by atomic mass is 79.9. The molecular weight excluding hydrogens is 494 g/mol. The maximum Gasteiger partial charge on any atom is 0.335 e. The summed E-state index contributed by atoms with van der Waals surface area (Å²) >= 11 is 3.35. The number of imide groups is 2. The molecule has 2 aromatic rings. The number of fused-ring (bicyclic) bond motifs is 1. The van der Waals surface area contributed by atoms with E-state index >= 15 is 0 Å². The van der Waals surface area contributed by atoms with Crippen molar-refractivity contribution in [2.45, 2.75) is 53.1 Å². The number of carbonyl (C=O) groups is 3. The van der Waals surface area contributed by atoms with Gasteiger partial charge in [-0.05, 0) is 101 Å². The van der Waals surface area contributed by atoms with Crippen LogP contribution < -0.4 is 15.1 Å². The molecule has 0 bridgehead atoms. The van der Waals surface area contributed by atoms with Gasteiger partial charge in [-0.25, -0.2) is 9.69 Å². The van der Waals surface area contributed by atoms with Crippen molar-refractivity contribution in [2.24, 2.45) is 0 Å². The van der Waals surface area contributed by atoms with E-state index in [0.717, 1.165) is 37.3 Å². The normalized spacial score (nSPS) is 18.9. The van der Waals surface area contributed by atoms with Crippen molar-refractivity contribution in [2.75, 3.05) is 9.80 Å². The van der Waals surface area contributed by atoms with Crippen LogP contribution in [-0.2, 0) is 9.59 Å². The molecule has 0 aromatic heterocycles. The highest BCUT2D eigenvalue weighted by Crippen LogP contribution is 2.42. The molecule has 0 saturated carbocycles. The summed E-state index contributed by atoms with van der Waals surface area (Å²) in [6.07, 6.45) is 3.83. The lowest BCUT2D eigenvalue weighted by Crippen LogP contribution is -2.54. The highest BCUT2D eigenvalue weighted by Gasteiger charge is 2.37. The molecule has 34 heavy (non-hydrogen) atoms. The van der Waals surface area contributed by atoms with Gasteiger partial charge in [0.15, 0.2) is 0 Å². The highest BCUT2D eigenvalue weighted by molar-refractivity contribution is 9.10. The predicted octanol–water partition coefficient (Wildman–Crippen LogP) is 5.83. The molecule has 0 atom stereocenters. The second kappa shape index (κ2) is 8.55. The predicted molar refractivity (Wildman–Crippen MR) is 140 cm³/mol. The van der Waals surface area contributed by atoms with E-state index in [1.807, 2.05) is 13.0 Å². The van der Waals surface area contributed by atoms with Gasteiger partial charge in [-0.1, -0.05) is 22.0 Å². The molecule has 0 aliphatic carbocycles. The summed E-state index contributed by atoms with van der Waals surface area (Å²) in [5, 5.41) is 2.29. The average molecular weight is 522 g/mol. The largest absolute Gasteiger partial charge is 0.360 e. The Bertz CT molecular complexity index is 1270. The van der Waals surface area contributed by atoms with Crippen LogP contribution in [-0.4, -0.2) is 29.4 Å². The van der Waals surface area contributed by atoms with Crippen molar-refractivity contribution in [3.63, 3.8) is 0 Å². The molecule has 0 spiro atoms. The number of urea groups is 1. The Labute approximate surface area is 208 Å². The lowest BCUT2D eigenvalue weighted by atomic mass is 9.85. The fourth-order valence-corrected chi connectivity index (χ4v) is 5.21. The van der Waals surface area contributed by atoms with Crippen LogP contribution in [0.5, 0.6) is 0 Å². The molecule has 1 N–H and O–H groups in total. The molecule has 1 fully saturated rings. The van der Waals surface area contributed by atoms with Gasteiger partial charge >= 0.3 is 6.03 Å². The van der Waals surface area contributed by atoms with E-state index in [1.165, 1.54) is 0 Å². The first-order valence-electron chi connectivity index (χ1n) is 11.2. The van der Waals surface area contributed by atoms with Crippen LogP contribution >= 0.6 is 15.9 Å². The average Bonchev–Trinajstić information content (AvgIpc) is 2.72. The number of nitrogens with zero attached hydrogens (tertiary/aromatic N) is 2. The number of anilines is 2. The summed E-state index contributed by atoms with van der Waals surface area (Å²) < 4.78 is 0.819. The summed E-state index contributed by atoms with van der Waals surface area (Å²) in [4.78, 5) is 41.8. The Balaban J connectivity index is 1.80. The molecule has 4 rings (SSSR count). The maximum absolute atomic E-state index is 13.3. The number of allylic oxidation sites excluding steroid dienone is 1. The third kappa shape index (κ3) is 4.09. The van der Waals surface area contributed by atoms with Gasteiger partial charge in [0.25, 0.3) is 11.8 Å². The first kappa shape index (κ1) is 24.0. The Morgan fingerprint density at radius 3 is 2.29 bits per heavy atom. The van der Waals surface area contributed by atoms with Crippen LogP contribution in [0.1, 0.15) is 51.3 Å². The Hall–Kier alpha value is -3.19. The monoisotopic (exact) mass is 521 g/mol. The molecule has 176 valence electrons. The topological polar surface area (TPSA) is 69.7 Å². The van der Waals surface area contributed by atoms with Crippen molar-refractivity contribution in [3.05, 3.63) is 69.2 Å². The molecular formula is C27H28BrN3O3. The Kier molecular flexibility index (Phi) is 6.02.